The van der Waals surface area contributed by atoms with Crippen LogP contribution in [0.15, 0.2) is 24.3 Å². The molecule has 1 fully saturated rings. The molecule has 1 aliphatic carbocycles. The Balaban J connectivity index is 2.39. The summed E-state index contributed by atoms with van der Waals surface area (Å²) in [7, 11) is -3.37. The van der Waals surface area contributed by atoms with Gasteiger partial charge in [-0.3, -0.25) is 9.10 Å². The highest BCUT2D eigenvalue weighted by molar-refractivity contribution is 7.92. The van der Waals surface area contributed by atoms with Gasteiger partial charge in [0, 0.05) is 11.5 Å². The fraction of sp³-hybridized carbons (Fsp3) is 0.533. The molecule has 2 rings (SSSR count). The lowest BCUT2D eigenvalue weighted by molar-refractivity contribution is -0.123. The molecule has 0 aromatic heterocycles. The molecular weight excluding hydrogens is 288 g/mol. The first-order valence-electron chi connectivity index (χ1n) is 7.00. The lowest BCUT2D eigenvalue weighted by Crippen LogP contribution is -2.34. The molecule has 0 aliphatic heterocycles. The van der Waals surface area contributed by atoms with Crippen molar-refractivity contribution in [2.24, 2.45) is 5.41 Å². The number of anilines is 2. The van der Waals surface area contributed by atoms with Gasteiger partial charge in [0.25, 0.3) is 0 Å². The zero-order valence-corrected chi connectivity index (χ0v) is 13.7. The molecule has 0 atom stereocenters. The molecule has 1 aromatic carbocycles. The molecule has 0 spiro atoms. The van der Waals surface area contributed by atoms with Gasteiger partial charge in [-0.25, -0.2) is 8.42 Å². The summed E-state index contributed by atoms with van der Waals surface area (Å²) in [5.41, 5.74) is 0.539. The van der Waals surface area contributed by atoms with Gasteiger partial charge in [-0.2, -0.15) is 0 Å². The second-order valence-corrected chi connectivity index (χ2v) is 8.37. The Bertz CT molecular complexity index is 643. The van der Waals surface area contributed by atoms with Crippen molar-refractivity contribution < 1.29 is 13.2 Å². The smallest absolute Gasteiger partial charge is 0.232 e. The number of sulfonamides is 1. The van der Waals surface area contributed by atoms with E-state index in [1.165, 1.54) is 10.6 Å². The zero-order valence-electron chi connectivity index (χ0n) is 12.9. The van der Waals surface area contributed by atoms with Gasteiger partial charge in [-0.1, -0.05) is 32.9 Å². The van der Waals surface area contributed by atoms with E-state index in [4.69, 9.17) is 0 Å². The molecule has 1 saturated carbocycles. The second-order valence-electron chi connectivity index (χ2n) is 6.51. The van der Waals surface area contributed by atoms with E-state index in [0.29, 0.717) is 11.4 Å². The van der Waals surface area contributed by atoms with Crippen LogP contribution in [-0.4, -0.2) is 26.6 Å². The van der Waals surface area contributed by atoms with E-state index in [-0.39, 0.29) is 11.9 Å². The normalized spacial score (nSPS) is 15.6. The van der Waals surface area contributed by atoms with Gasteiger partial charge in [-0.15, -0.1) is 0 Å². The Morgan fingerprint density at radius 1 is 1.24 bits per heavy atom. The predicted octanol–water partition coefficient (Wildman–Crippen LogP) is 2.60. The molecule has 116 valence electrons. The topological polar surface area (TPSA) is 66.5 Å². The van der Waals surface area contributed by atoms with Crippen LogP contribution in [0.3, 0.4) is 0 Å². The monoisotopic (exact) mass is 310 g/mol. The van der Waals surface area contributed by atoms with Crippen molar-refractivity contribution in [1.29, 1.82) is 0 Å². The number of hydrogen-bond donors (Lipinski definition) is 1. The SMILES string of the molecule is CC(C)(C)C(=O)Nc1ccccc1N(C1CC1)S(C)(=O)=O. The van der Waals surface area contributed by atoms with E-state index in [2.05, 4.69) is 5.32 Å². The predicted molar refractivity (Wildman–Crippen MR) is 84.9 cm³/mol. The van der Waals surface area contributed by atoms with Crippen LogP contribution < -0.4 is 9.62 Å². The maximum absolute atomic E-state index is 12.2. The van der Waals surface area contributed by atoms with Crippen molar-refractivity contribution in [3.63, 3.8) is 0 Å². The number of para-hydroxylation sites is 2. The summed E-state index contributed by atoms with van der Waals surface area (Å²) in [5.74, 6) is -0.140. The number of carbonyl (C=O) groups excluding carboxylic acids is 1. The van der Waals surface area contributed by atoms with Gasteiger partial charge in [0.15, 0.2) is 0 Å². The third kappa shape index (κ3) is 3.75. The van der Waals surface area contributed by atoms with E-state index in [9.17, 15) is 13.2 Å². The Morgan fingerprint density at radius 3 is 2.29 bits per heavy atom. The van der Waals surface area contributed by atoms with Crippen LogP contribution in [0.2, 0.25) is 0 Å². The Labute approximate surface area is 126 Å². The highest BCUT2D eigenvalue weighted by Crippen LogP contribution is 2.38. The molecule has 0 radical (unpaired) electrons. The van der Waals surface area contributed by atoms with Crippen LogP contribution in [0.5, 0.6) is 0 Å². The molecular formula is C15H22N2O3S. The molecule has 0 heterocycles. The Kier molecular flexibility index (Phi) is 4.02. The lowest BCUT2D eigenvalue weighted by atomic mass is 9.95. The molecule has 5 nitrogen and oxygen atoms in total. The van der Waals surface area contributed by atoms with Crippen molar-refractivity contribution in [2.75, 3.05) is 15.9 Å². The van der Waals surface area contributed by atoms with Crippen molar-refractivity contribution in [2.45, 2.75) is 39.7 Å². The molecule has 21 heavy (non-hydrogen) atoms. The van der Waals surface area contributed by atoms with Gasteiger partial charge in [0.1, 0.15) is 0 Å². The number of rotatable bonds is 4. The summed E-state index contributed by atoms with van der Waals surface area (Å²) in [4.78, 5) is 12.2. The largest absolute Gasteiger partial charge is 0.324 e. The van der Waals surface area contributed by atoms with Crippen LogP contribution in [0, 0.1) is 5.41 Å². The van der Waals surface area contributed by atoms with Crippen molar-refractivity contribution in [3.05, 3.63) is 24.3 Å². The zero-order chi connectivity index (χ0) is 15.8. The lowest BCUT2D eigenvalue weighted by Gasteiger charge is -2.26. The summed E-state index contributed by atoms with van der Waals surface area (Å²) in [6.07, 6.45) is 2.91. The van der Waals surface area contributed by atoms with Gasteiger partial charge in [-0.05, 0) is 25.0 Å². The minimum atomic E-state index is -3.37. The van der Waals surface area contributed by atoms with E-state index >= 15 is 0 Å². The number of hydrogen-bond acceptors (Lipinski definition) is 3. The molecule has 1 aromatic rings. The third-order valence-electron chi connectivity index (χ3n) is 3.31. The fourth-order valence-electron chi connectivity index (χ4n) is 2.04. The minimum absolute atomic E-state index is 0.00712. The molecule has 6 heteroatoms. The number of benzene rings is 1. The first-order chi connectivity index (χ1) is 9.60. The third-order valence-corrected chi connectivity index (χ3v) is 4.52. The molecule has 0 saturated heterocycles. The summed E-state index contributed by atoms with van der Waals surface area (Å²) in [6, 6.07) is 7.04. The molecule has 1 N–H and O–H groups in total. The number of amides is 1. The van der Waals surface area contributed by atoms with Crippen LogP contribution in [0.25, 0.3) is 0 Å². The summed E-state index contributed by atoms with van der Waals surface area (Å²) in [6.45, 7) is 5.46. The highest BCUT2D eigenvalue weighted by atomic mass is 32.2. The van der Waals surface area contributed by atoms with Crippen LogP contribution in [-0.2, 0) is 14.8 Å². The van der Waals surface area contributed by atoms with Crippen molar-refractivity contribution >= 4 is 27.3 Å². The Hall–Kier alpha value is -1.56. The maximum Gasteiger partial charge on any atom is 0.232 e. The van der Waals surface area contributed by atoms with E-state index in [1.807, 2.05) is 20.8 Å². The van der Waals surface area contributed by atoms with E-state index < -0.39 is 15.4 Å². The first-order valence-corrected chi connectivity index (χ1v) is 8.85. The standard InChI is InChI=1S/C15H22N2O3S/c1-15(2,3)14(18)16-12-7-5-6-8-13(12)17(11-9-10-11)21(4,19)20/h5-8,11H,9-10H2,1-4H3,(H,16,18). The van der Waals surface area contributed by atoms with Crippen molar-refractivity contribution in [3.8, 4) is 0 Å². The van der Waals surface area contributed by atoms with Gasteiger partial charge in [0.05, 0.1) is 17.6 Å². The highest BCUT2D eigenvalue weighted by Gasteiger charge is 2.36. The fourth-order valence-corrected chi connectivity index (χ4v) is 3.31. The molecule has 0 bridgehead atoms. The first kappa shape index (κ1) is 15.8. The van der Waals surface area contributed by atoms with E-state index in [1.54, 1.807) is 24.3 Å². The quantitative estimate of drug-likeness (QED) is 0.929. The molecule has 1 amide bonds. The summed E-state index contributed by atoms with van der Waals surface area (Å²) >= 11 is 0. The maximum atomic E-state index is 12.2. The van der Waals surface area contributed by atoms with E-state index in [0.717, 1.165) is 12.8 Å². The van der Waals surface area contributed by atoms with Gasteiger partial charge in [0.2, 0.25) is 15.9 Å². The average molecular weight is 310 g/mol. The van der Waals surface area contributed by atoms with Gasteiger partial charge < -0.3 is 5.32 Å². The number of carbonyl (C=O) groups is 1. The summed E-state index contributed by atoms with van der Waals surface area (Å²) < 4.78 is 25.5. The van der Waals surface area contributed by atoms with Crippen LogP contribution >= 0.6 is 0 Å². The molecule has 0 unspecified atom stereocenters. The number of nitrogens with one attached hydrogen (secondary N) is 1. The molecule has 1 aliphatic rings. The van der Waals surface area contributed by atoms with Gasteiger partial charge >= 0.3 is 0 Å². The number of nitrogens with zero attached hydrogens (tertiary/aromatic N) is 1. The van der Waals surface area contributed by atoms with Crippen molar-refractivity contribution in [1.82, 2.24) is 0 Å². The minimum Gasteiger partial charge on any atom is -0.324 e. The second kappa shape index (κ2) is 5.33. The summed E-state index contributed by atoms with van der Waals surface area (Å²) in [5, 5.41) is 2.84. The Morgan fingerprint density at radius 2 is 1.81 bits per heavy atom. The average Bonchev–Trinajstić information content (AvgIpc) is 3.13. The van der Waals surface area contributed by atoms with Crippen LogP contribution in [0.1, 0.15) is 33.6 Å². The van der Waals surface area contributed by atoms with Crippen LogP contribution in [0.4, 0.5) is 11.4 Å².